The first-order chi connectivity index (χ1) is 10.0. The lowest BCUT2D eigenvalue weighted by molar-refractivity contribution is 0.107. The number of fused-ring (bicyclic) bond motifs is 1. The summed E-state index contributed by atoms with van der Waals surface area (Å²) in [6.07, 6.45) is 4.03. The highest BCUT2D eigenvalue weighted by molar-refractivity contribution is 7.89. The molecule has 2 aromatic rings. The molecule has 2 heterocycles. The Balaban J connectivity index is 1.92. The molecule has 1 aliphatic carbocycles. The Bertz CT molecular complexity index is 756. The lowest BCUT2D eigenvalue weighted by Crippen LogP contribution is -2.34. The zero-order chi connectivity index (χ0) is 15.0. The topological polar surface area (TPSA) is 98.7 Å². The van der Waals surface area contributed by atoms with Crippen molar-refractivity contribution in [1.82, 2.24) is 14.1 Å². The molecule has 0 radical (unpaired) electrons. The summed E-state index contributed by atoms with van der Waals surface area (Å²) < 4.78 is 34.6. The first-order valence-electron chi connectivity index (χ1n) is 6.79. The zero-order valence-corrected chi connectivity index (χ0v) is 12.5. The number of imidazole rings is 1. The van der Waals surface area contributed by atoms with Crippen LogP contribution in [-0.4, -0.2) is 37.1 Å². The van der Waals surface area contributed by atoms with E-state index < -0.39 is 10.0 Å². The second kappa shape index (κ2) is 5.28. The fraction of sp³-hybridized carbons (Fsp3) is 0.462. The predicted molar refractivity (Wildman–Crippen MR) is 78.4 cm³/mol. The number of hydrogen-bond donors (Lipinski definition) is 2. The summed E-state index contributed by atoms with van der Waals surface area (Å²) in [6.45, 7) is 0. The molecule has 8 heteroatoms. The minimum atomic E-state index is -3.72. The summed E-state index contributed by atoms with van der Waals surface area (Å²) in [4.78, 5) is 4.08. The van der Waals surface area contributed by atoms with Crippen molar-refractivity contribution >= 4 is 21.5 Å². The van der Waals surface area contributed by atoms with Crippen molar-refractivity contribution in [3.63, 3.8) is 0 Å². The molecule has 21 heavy (non-hydrogen) atoms. The Morgan fingerprint density at radius 1 is 1.43 bits per heavy atom. The number of hydrogen-bond acceptors (Lipinski definition) is 5. The van der Waals surface area contributed by atoms with Crippen LogP contribution in [0.3, 0.4) is 0 Å². The highest BCUT2D eigenvalue weighted by Crippen LogP contribution is 2.25. The number of nitrogen functional groups attached to an aromatic ring is 1. The van der Waals surface area contributed by atoms with Crippen molar-refractivity contribution in [2.75, 3.05) is 12.8 Å². The molecule has 0 spiro atoms. The summed E-state index contributed by atoms with van der Waals surface area (Å²) in [6, 6.07) is 5.11. The lowest BCUT2D eigenvalue weighted by atomic mass is 10.3. The molecule has 3 N–H and O–H groups in total. The highest BCUT2D eigenvalue weighted by atomic mass is 32.2. The van der Waals surface area contributed by atoms with E-state index in [1.165, 1.54) is 4.40 Å². The molecule has 0 saturated heterocycles. The van der Waals surface area contributed by atoms with Crippen LogP contribution in [0.5, 0.6) is 0 Å². The molecule has 2 atom stereocenters. The van der Waals surface area contributed by atoms with Crippen LogP contribution in [0, 0.1) is 0 Å². The maximum Gasteiger partial charge on any atom is 0.260 e. The summed E-state index contributed by atoms with van der Waals surface area (Å²) >= 11 is 0. The summed E-state index contributed by atoms with van der Waals surface area (Å²) in [5.74, 6) is 0.00925. The van der Waals surface area contributed by atoms with Crippen LogP contribution < -0.4 is 10.5 Å². The van der Waals surface area contributed by atoms with Gasteiger partial charge in [-0.2, -0.15) is 0 Å². The van der Waals surface area contributed by atoms with Crippen molar-refractivity contribution in [1.29, 1.82) is 0 Å². The van der Waals surface area contributed by atoms with Crippen molar-refractivity contribution in [3.05, 3.63) is 24.4 Å². The summed E-state index contributed by atoms with van der Waals surface area (Å²) in [7, 11) is -2.08. The van der Waals surface area contributed by atoms with E-state index >= 15 is 0 Å². The molecule has 0 bridgehead atoms. The normalized spacial score (nSPS) is 22.9. The van der Waals surface area contributed by atoms with Crippen molar-refractivity contribution < 1.29 is 13.2 Å². The number of methoxy groups -OCH3 is 1. The quantitative estimate of drug-likeness (QED) is 0.869. The van der Waals surface area contributed by atoms with Crippen LogP contribution >= 0.6 is 0 Å². The van der Waals surface area contributed by atoms with Crippen LogP contribution in [0.1, 0.15) is 19.3 Å². The average molecular weight is 310 g/mol. The molecule has 2 unspecified atom stereocenters. The van der Waals surface area contributed by atoms with Crippen LogP contribution in [0.25, 0.3) is 5.65 Å². The minimum Gasteiger partial charge on any atom is -0.381 e. The second-order valence-electron chi connectivity index (χ2n) is 5.22. The van der Waals surface area contributed by atoms with Crippen LogP contribution in [-0.2, 0) is 14.8 Å². The molecular weight excluding hydrogens is 292 g/mol. The molecule has 0 aromatic carbocycles. The number of nitrogens with one attached hydrogen (secondary N) is 1. The Morgan fingerprint density at radius 2 is 2.24 bits per heavy atom. The van der Waals surface area contributed by atoms with Gasteiger partial charge in [-0.05, 0) is 31.4 Å². The first-order valence-corrected chi connectivity index (χ1v) is 8.27. The van der Waals surface area contributed by atoms with Gasteiger partial charge in [-0.1, -0.05) is 6.07 Å². The molecule has 3 rings (SSSR count). The zero-order valence-electron chi connectivity index (χ0n) is 11.7. The van der Waals surface area contributed by atoms with Crippen LogP contribution in [0.4, 0.5) is 5.82 Å². The average Bonchev–Trinajstić information content (AvgIpc) is 3.00. The van der Waals surface area contributed by atoms with Crippen molar-refractivity contribution in [2.24, 2.45) is 0 Å². The summed E-state index contributed by atoms with van der Waals surface area (Å²) in [5.41, 5.74) is 6.30. The van der Waals surface area contributed by atoms with Gasteiger partial charge in [-0.3, -0.25) is 4.40 Å². The maximum atomic E-state index is 12.6. The molecule has 2 aromatic heterocycles. The molecule has 114 valence electrons. The number of anilines is 1. The van der Waals surface area contributed by atoms with Gasteiger partial charge in [0.15, 0.2) is 10.8 Å². The highest BCUT2D eigenvalue weighted by Gasteiger charge is 2.31. The third-order valence-corrected chi connectivity index (χ3v) is 5.36. The number of ether oxygens (including phenoxy) is 1. The van der Waals surface area contributed by atoms with Gasteiger partial charge in [0, 0.05) is 19.3 Å². The number of rotatable bonds is 4. The summed E-state index contributed by atoms with van der Waals surface area (Å²) in [5, 5.41) is -0.000957. The molecule has 1 saturated carbocycles. The Hall–Kier alpha value is -1.64. The molecule has 1 fully saturated rings. The van der Waals surface area contributed by atoms with Gasteiger partial charge >= 0.3 is 0 Å². The van der Waals surface area contributed by atoms with E-state index in [2.05, 4.69) is 9.71 Å². The fourth-order valence-corrected chi connectivity index (χ4v) is 4.29. The molecular formula is C13H18N4O3S. The largest absolute Gasteiger partial charge is 0.381 e. The lowest BCUT2D eigenvalue weighted by Gasteiger charge is -2.13. The van der Waals surface area contributed by atoms with E-state index in [0.29, 0.717) is 12.1 Å². The van der Waals surface area contributed by atoms with Gasteiger partial charge in [0.05, 0.1) is 6.10 Å². The van der Waals surface area contributed by atoms with Gasteiger partial charge in [0.1, 0.15) is 5.65 Å². The van der Waals surface area contributed by atoms with E-state index in [-0.39, 0.29) is 23.0 Å². The van der Waals surface area contributed by atoms with Crippen molar-refractivity contribution in [3.8, 4) is 0 Å². The number of aromatic nitrogens is 2. The molecule has 0 amide bonds. The fourth-order valence-electron chi connectivity index (χ4n) is 2.80. The number of nitrogens with zero attached hydrogens (tertiary/aromatic N) is 2. The van der Waals surface area contributed by atoms with E-state index in [9.17, 15) is 8.42 Å². The van der Waals surface area contributed by atoms with Gasteiger partial charge < -0.3 is 10.5 Å². The van der Waals surface area contributed by atoms with E-state index in [4.69, 9.17) is 10.5 Å². The SMILES string of the molecule is COC1CCC(NS(=O)(=O)c2c(N)nc3ccccn23)C1. The van der Waals surface area contributed by atoms with Gasteiger partial charge in [0.25, 0.3) is 10.0 Å². The smallest absolute Gasteiger partial charge is 0.260 e. The minimum absolute atomic E-state index is 0.000957. The van der Waals surface area contributed by atoms with Crippen LogP contribution in [0.15, 0.2) is 29.4 Å². The number of pyridine rings is 1. The molecule has 1 aliphatic rings. The Labute approximate surface area is 123 Å². The monoisotopic (exact) mass is 310 g/mol. The van der Waals surface area contributed by atoms with Crippen molar-refractivity contribution in [2.45, 2.75) is 36.4 Å². The van der Waals surface area contributed by atoms with Gasteiger partial charge in [-0.15, -0.1) is 0 Å². The number of nitrogens with two attached hydrogens (primary N) is 1. The molecule has 7 nitrogen and oxygen atoms in total. The predicted octanol–water partition coefficient (Wildman–Crippen LogP) is 0.762. The Morgan fingerprint density at radius 3 is 2.95 bits per heavy atom. The van der Waals surface area contributed by atoms with Gasteiger partial charge in [0.2, 0.25) is 0 Å². The second-order valence-corrected chi connectivity index (χ2v) is 6.85. The van der Waals surface area contributed by atoms with E-state index in [1.54, 1.807) is 31.5 Å². The van der Waals surface area contributed by atoms with E-state index in [0.717, 1.165) is 12.8 Å². The standard InChI is InChI=1S/C13H18N4O3S/c1-20-10-6-5-9(8-10)16-21(18,19)13-12(14)15-11-4-2-3-7-17(11)13/h2-4,7,9-10,16H,5-6,8,14H2,1H3. The van der Waals surface area contributed by atoms with Gasteiger partial charge in [-0.25, -0.2) is 18.1 Å². The molecule has 0 aliphatic heterocycles. The van der Waals surface area contributed by atoms with Crippen LogP contribution in [0.2, 0.25) is 0 Å². The Kier molecular flexibility index (Phi) is 3.60. The third kappa shape index (κ3) is 2.61. The first kappa shape index (κ1) is 14.3. The number of sulfonamides is 1. The van der Waals surface area contributed by atoms with E-state index in [1.807, 2.05) is 0 Å². The maximum absolute atomic E-state index is 12.6. The third-order valence-electron chi connectivity index (χ3n) is 3.81.